The number of hydrogen-bond donors (Lipinski definition) is 1. The van der Waals surface area contributed by atoms with Crippen LogP contribution in [0, 0.1) is 11.8 Å². The van der Waals surface area contributed by atoms with E-state index in [4.69, 9.17) is 9.47 Å². The molecule has 3 heterocycles. The summed E-state index contributed by atoms with van der Waals surface area (Å²) in [5.74, 6) is -1.72. The molecule has 1 spiro atoms. The van der Waals surface area contributed by atoms with Gasteiger partial charge in [-0.15, -0.1) is 18.3 Å². The lowest BCUT2D eigenvalue weighted by molar-refractivity contribution is -0.154. The van der Waals surface area contributed by atoms with Crippen LogP contribution in [0.2, 0.25) is 0 Å². The fraction of sp³-hybridized carbons (Fsp3) is 0.452. The van der Waals surface area contributed by atoms with Crippen molar-refractivity contribution in [2.24, 2.45) is 11.8 Å². The zero-order valence-electron chi connectivity index (χ0n) is 23.1. The molecule has 0 saturated carbocycles. The molecule has 2 amide bonds. The molecule has 0 aromatic heterocycles. The van der Waals surface area contributed by atoms with Crippen molar-refractivity contribution in [1.82, 2.24) is 4.90 Å². The Morgan fingerprint density at radius 1 is 1.24 bits per heavy atom. The van der Waals surface area contributed by atoms with E-state index in [2.05, 4.69) is 22.5 Å². The lowest BCUT2D eigenvalue weighted by Crippen LogP contribution is -2.58. The summed E-state index contributed by atoms with van der Waals surface area (Å²) in [7, 11) is 1.58. The molecule has 8 nitrogen and oxygen atoms in total. The van der Waals surface area contributed by atoms with E-state index in [1.165, 1.54) is 0 Å². The molecule has 2 aromatic rings. The van der Waals surface area contributed by atoms with Gasteiger partial charge in [-0.1, -0.05) is 52.3 Å². The van der Waals surface area contributed by atoms with E-state index in [0.29, 0.717) is 24.3 Å². The minimum absolute atomic E-state index is 0.0725. The lowest BCUT2D eigenvalue weighted by Gasteiger charge is -2.40. The Morgan fingerprint density at radius 2 is 1.95 bits per heavy atom. The zero-order valence-corrected chi connectivity index (χ0v) is 25.6. The summed E-state index contributed by atoms with van der Waals surface area (Å²) in [4.78, 5) is 45.7. The highest BCUT2D eigenvalue weighted by atomic mass is 79.9. The molecule has 218 valence electrons. The molecule has 0 radical (unpaired) electrons. The number of anilines is 1. The number of carbonyl (C=O) groups excluding carboxylic acids is 3. The van der Waals surface area contributed by atoms with Crippen LogP contribution in [0.1, 0.15) is 18.9 Å². The third-order valence-corrected chi connectivity index (χ3v) is 11.6. The first-order valence-electron chi connectivity index (χ1n) is 13.8. The summed E-state index contributed by atoms with van der Waals surface area (Å²) >= 11 is 5.33. The molecule has 3 saturated heterocycles. The molecule has 3 aliphatic rings. The number of methoxy groups -OCH3 is 1. The van der Waals surface area contributed by atoms with Crippen molar-refractivity contribution in [3.63, 3.8) is 0 Å². The van der Waals surface area contributed by atoms with Gasteiger partial charge in [0.25, 0.3) is 5.91 Å². The zero-order chi connectivity index (χ0) is 29.3. The number of aliphatic hydroxyl groups excluding tert-OH is 1. The van der Waals surface area contributed by atoms with Crippen molar-refractivity contribution < 1.29 is 29.0 Å². The third-order valence-electron chi connectivity index (χ3n) is 8.40. The second kappa shape index (κ2) is 12.2. The number of likely N-dealkylation sites (tertiary alicyclic amines) is 1. The number of amides is 2. The normalized spacial score (nSPS) is 28.7. The number of thioether (sulfide) groups is 1. The van der Waals surface area contributed by atoms with Crippen molar-refractivity contribution >= 4 is 51.2 Å². The van der Waals surface area contributed by atoms with E-state index in [-0.39, 0.29) is 41.6 Å². The molecule has 41 heavy (non-hydrogen) atoms. The van der Waals surface area contributed by atoms with E-state index in [9.17, 15) is 19.5 Å². The number of ether oxygens (including phenoxy) is 2. The largest absolute Gasteiger partial charge is 0.497 e. The number of esters is 1. The van der Waals surface area contributed by atoms with Gasteiger partial charge in [0.2, 0.25) is 5.91 Å². The summed E-state index contributed by atoms with van der Waals surface area (Å²) in [6, 6.07) is 15.2. The van der Waals surface area contributed by atoms with Crippen LogP contribution < -0.4 is 9.64 Å². The Balaban J connectivity index is 1.61. The van der Waals surface area contributed by atoms with Crippen molar-refractivity contribution in [1.29, 1.82) is 0 Å². The Kier molecular flexibility index (Phi) is 8.82. The molecule has 3 fully saturated rings. The highest BCUT2D eigenvalue weighted by Crippen LogP contribution is 2.68. The van der Waals surface area contributed by atoms with Gasteiger partial charge in [0.15, 0.2) is 0 Å². The molecule has 5 rings (SSSR count). The number of alkyl halides is 1. The SMILES string of the molecule is C=CCN(C(=O)C1N([C@@H](CO)Cc2ccccc2)C(=O)[C@@H]2[C@H](C(=O)OCC)[C@H]3SC12CC3Br)c1ccc(OC)cc1. The second-order valence-electron chi connectivity index (χ2n) is 10.6. The summed E-state index contributed by atoms with van der Waals surface area (Å²) in [6.07, 6.45) is 2.56. The van der Waals surface area contributed by atoms with Crippen LogP contribution >= 0.6 is 27.7 Å². The van der Waals surface area contributed by atoms with Gasteiger partial charge in [0.1, 0.15) is 11.8 Å². The molecule has 3 aliphatic heterocycles. The summed E-state index contributed by atoms with van der Waals surface area (Å²) in [6.45, 7) is 5.73. The number of benzene rings is 2. The smallest absolute Gasteiger partial charge is 0.310 e. The van der Waals surface area contributed by atoms with Crippen LogP contribution in [0.3, 0.4) is 0 Å². The molecule has 1 N–H and O–H groups in total. The summed E-state index contributed by atoms with van der Waals surface area (Å²) in [5, 5.41) is 10.5. The lowest BCUT2D eigenvalue weighted by atomic mass is 9.71. The topological polar surface area (TPSA) is 96.4 Å². The molecule has 10 heteroatoms. The van der Waals surface area contributed by atoms with Gasteiger partial charge in [-0.25, -0.2) is 0 Å². The van der Waals surface area contributed by atoms with Gasteiger partial charge in [-0.2, -0.15) is 0 Å². The molecular weight excluding hydrogens is 608 g/mol. The maximum Gasteiger partial charge on any atom is 0.310 e. The Hall–Kier alpha value is -2.82. The first kappa shape index (κ1) is 29.7. The number of fused-ring (bicyclic) bond motifs is 1. The number of halogens is 1. The first-order chi connectivity index (χ1) is 19.8. The fourth-order valence-corrected chi connectivity index (χ4v) is 10.3. The standard InChI is InChI=1S/C31H35BrN2O6S/c1-4-15-33(20-11-13-22(39-3)14-12-20)29(37)27-31-17-23(32)26(41-31)24(30(38)40-5-2)25(31)28(36)34(27)21(18-35)16-19-9-7-6-8-10-19/h4,6-14,21,23-27,35H,1,5,15-18H2,2-3H3/t21-,23?,24+,25+,26+,27?,31?/m1/s1. The highest BCUT2D eigenvalue weighted by Gasteiger charge is 2.76. The molecule has 3 unspecified atom stereocenters. The summed E-state index contributed by atoms with van der Waals surface area (Å²) in [5.41, 5.74) is 1.58. The van der Waals surface area contributed by atoms with Crippen LogP contribution in [-0.2, 0) is 25.5 Å². The average molecular weight is 644 g/mol. The van der Waals surface area contributed by atoms with Crippen LogP contribution in [0.4, 0.5) is 5.69 Å². The quantitative estimate of drug-likeness (QED) is 0.226. The molecule has 7 atom stereocenters. The van der Waals surface area contributed by atoms with Crippen LogP contribution in [0.25, 0.3) is 0 Å². The Bertz CT molecular complexity index is 1290. The maximum atomic E-state index is 14.8. The van der Waals surface area contributed by atoms with Crippen LogP contribution in [0.5, 0.6) is 5.75 Å². The van der Waals surface area contributed by atoms with E-state index < -0.39 is 34.6 Å². The molecular formula is C31H35BrN2O6S. The fourth-order valence-electron chi connectivity index (χ4n) is 6.75. The minimum atomic E-state index is -0.905. The van der Waals surface area contributed by atoms with Crippen molar-refractivity contribution in [2.75, 3.05) is 31.8 Å². The maximum absolute atomic E-state index is 14.8. The number of rotatable bonds is 11. The van der Waals surface area contributed by atoms with E-state index in [1.54, 1.807) is 65.9 Å². The van der Waals surface area contributed by atoms with E-state index >= 15 is 0 Å². The predicted octanol–water partition coefficient (Wildman–Crippen LogP) is 3.85. The highest BCUT2D eigenvalue weighted by molar-refractivity contribution is 9.09. The number of aliphatic hydroxyl groups is 1. The number of carbonyl (C=O) groups is 3. The van der Waals surface area contributed by atoms with Crippen LogP contribution in [-0.4, -0.2) is 81.6 Å². The van der Waals surface area contributed by atoms with Crippen LogP contribution in [0.15, 0.2) is 67.3 Å². The van der Waals surface area contributed by atoms with Gasteiger partial charge in [-0.05, 0) is 49.6 Å². The number of nitrogens with zero attached hydrogens (tertiary/aromatic N) is 2. The predicted molar refractivity (Wildman–Crippen MR) is 162 cm³/mol. The monoisotopic (exact) mass is 642 g/mol. The average Bonchev–Trinajstić information content (AvgIpc) is 3.58. The van der Waals surface area contributed by atoms with Gasteiger partial charge >= 0.3 is 5.97 Å². The third kappa shape index (κ3) is 5.08. The van der Waals surface area contributed by atoms with Crippen molar-refractivity contribution in [3.8, 4) is 5.75 Å². The minimum Gasteiger partial charge on any atom is -0.497 e. The number of hydrogen-bond acceptors (Lipinski definition) is 7. The second-order valence-corrected chi connectivity index (χ2v) is 13.3. The van der Waals surface area contributed by atoms with Gasteiger partial charge in [0, 0.05) is 22.3 Å². The van der Waals surface area contributed by atoms with Gasteiger partial charge in [0.05, 0.1) is 42.9 Å². The van der Waals surface area contributed by atoms with Gasteiger partial charge < -0.3 is 24.4 Å². The summed E-state index contributed by atoms with van der Waals surface area (Å²) < 4.78 is 9.90. The van der Waals surface area contributed by atoms with Crippen molar-refractivity contribution in [2.45, 2.75) is 46.7 Å². The Morgan fingerprint density at radius 3 is 2.56 bits per heavy atom. The first-order valence-corrected chi connectivity index (χ1v) is 15.6. The molecule has 2 aromatic carbocycles. The van der Waals surface area contributed by atoms with E-state index in [0.717, 1.165) is 5.56 Å². The van der Waals surface area contributed by atoms with E-state index in [1.807, 2.05) is 30.3 Å². The Labute approximate surface area is 253 Å². The van der Waals surface area contributed by atoms with Gasteiger partial charge in [-0.3, -0.25) is 14.4 Å². The molecule has 2 bridgehead atoms. The molecule has 0 aliphatic carbocycles. The van der Waals surface area contributed by atoms with Crippen molar-refractivity contribution in [3.05, 3.63) is 72.8 Å².